The van der Waals surface area contributed by atoms with Crippen LogP contribution in [0.25, 0.3) is 0 Å². The number of nitrogens with one attached hydrogen (secondary N) is 2. The number of amides is 1. The minimum Gasteiger partial charge on any atom is -0.351 e. The number of carbonyl (C=O) groups is 1. The van der Waals surface area contributed by atoms with Crippen molar-refractivity contribution in [3.63, 3.8) is 0 Å². The van der Waals surface area contributed by atoms with Crippen LogP contribution in [0.2, 0.25) is 0 Å². The predicted molar refractivity (Wildman–Crippen MR) is 68.9 cm³/mol. The topological polar surface area (TPSA) is 67.2 Å². The van der Waals surface area contributed by atoms with E-state index in [0.717, 1.165) is 18.9 Å². The minimum atomic E-state index is -4.57. The average molecular weight is 287 g/mol. The summed E-state index contributed by atoms with van der Waals surface area (Å²) in [5.74, 6) is 4.59. The van der Waals surface area contributed by atoms with Gasteiger partial charge in [0.25, 0.3) is 5.91 Å². The van der Waals surface area contributed by atoms with E-state index in [-0.39, 0.29) is 11.0 Å². The van der Waals surface area contributed by atoms with Crippen molar-refractivity contribution in [3.05, 3.63) is 29.3 Å². The lowest BCUT2D eigenvalue weighted by atomic mass is 10.1. The Bertz CT molecular complexity index is 524. The molecular weight excluding hydrogens is 271 g/mol. The van der Waals surface area contributed by atoms with Gasteiger partial charge in [0.05, 0.1) is 16.8 Å². The number of nitrogen functional groups attached to an aromatic ring is 1. The number of hydrogen-bond acceptors (Lipinski definition) is 3. The number of anilines is 1. The highest BCUT2D eigenvalue weighted by atomic mass is 19.4. The Morgan fingerprint density at radius 2 is 2.05 bits per heavy atom. The van der Waals surface area contributed by atoms with Gasteiger partial charge < -0.3 is 10.7 Å². The first-order chi connectivity index (χ1) is 9.27. The van der Waals surface area contributed by atoms with Crippen molar-refractivity contribution in [2.24, 2.45) is 11.3 Å². The number of alkyl halides is 3. The molecule has 0 aromatic heterocycles. The molecule has 1 aromatic rings. The van der Waals surface area contributed by atoms with Gasteiger partial charge in [-0.15, -0.1) is 0 Å². The predicted octanol–water partition coefficient (Wildman–Crippen LogP) is 2.52. The van der Waals surface area contributed by atoms with Crippen LogP contribution in [0.1, 0.15) is 35.7 Å². The first-order valence-electron chi connectivity index (χ1n) is 6.22. The summed E-state index contributed by atoms with van der Waals surface area (Å²) in [6.45, 7) is 2.47. The van der Waals surface area contributed by atoms with Gasteiger partial charge in [-0.05, 0) is 30.4 Å². The van der Waals surface area contributed by atoms with E-state index in [1.807, 2.05) is 12.3 Å². The fraction of sp³-hybridized carbons (Fsp3) is 0.462. The fourth-order valence-electron chi connectivity index (χ4n) is 1.91. The van der Waals surface area contributed by atoms with Crippen LogP contribution >= 0.6 is 0 Å². The summed E-state index contributed by atoms with van der Waals surface area (Å²) in [5, 5.41) is 2.65. The lowest BCUT2D eigenvalue weighted by Crippen LogP contribution is -2.30. The normalized spacial score (nSPS) is 16.6. The molecule has 0 radical (unpaired) electrons. The number of rotatable bonds is 4. The Hall–Kier alpha value is -1.76. The van der Waals surface area contributed by atoms with Crippen LogP contribution in [0, 0.1) is 5.41 Å². The van der Waals surface area contributed by atoms with E-state index < -0.39 is 23.3 Å². The van der Waals surface area contributed by atoms with Crippen molar-refractivity contribution in [1.82, 2.24) is 5.32 Å². The first kappa shape index (κ1) is 14.6. The lowest BCUT2D eigenvalue weighted by Gasteiger charge is -2.17. The molecule has 1 aliphatic rings. The van der Waals surface area contributed by atoms with Crippen LogP contribution in [-0.2, 0) is 6.18 Å². The third-order valence-corrected chi connectivity index (χ3v) is 3.54. The van der Waals surface area contributed by atoms with Gasteiger partial charge in [-0.2, -0.15) is 13.2 Å². The summed E-state index contributed by atoms with van der Waals surface area (Å²) in [7, 11) is 0. The highest BCUT2D eigenvalue weighted by Crippen LogP contribution is 2.44. The van der Waals surface area contributed by atoms with Crippen LogP contribution in [0.15, 0.2) is 18.2 Å². The fourth-order valence-corrected chi connectivity index (χ4v) is 1.91. The average Bonchev–Trinajstić information content (AvgIpc) is 3.12. The second-order valence-corrected chi connectivity index (χ2v) is 5.36. The quantitative estimate of drug-likeness (QED) is 0.589. The van der Waals surface area contributed by atoms with Crippen LogP contribution in [0.4, 0.5) is 18.9 Å². The van der Waals surface area contributed by atoms with Gasteiger partial charge in [-0.3, -0.25) is 10.6 Å². The molecule has 110 valence electrons. The maximum absolute atomic E-state index is 12.8. The van der Waals surface area contributed by atoms with E-state index in [1.54, 1.807) is 0 Å². The summed E-state index contributed by atoms with van der Waals surface area (Å²) >= 11 is 0. The Morgan fingerprint density at radius 3 is 2.55 bits per heavy atom. The maximum Gasteiger partial charge on any atom is 0.418 e. The summed E-state index contributed by atoms with van der Waals surface area (Å²) < 4.78 is 38.5. The number of benzene rings is 1. The van der Waals surface area contributed by atoms with Gasteiger partial charge in [-0.1, -0.05) is 13.0 Å². The van der Waals surface area contributed by atoms with Crippen molar-refractivity contribution in [1.29, 1.82) is 0 Å². The standard InChI is InChI=1S/C13H16F3N3O/c1-12(5-6-12)7-18-11(20)8-3-2-4-9(10(8)19-17)13(14,15)16/h2-4,19H,5-7,17H2,1H3,(H,18,20). The molecule has 1 aromatic carbocycles. The van der Waals surface area contributed by atoms with Gasteiger partial charge in [0.2, 0.25) is 0 Å². The smallest absolute Gasteiger partial charge is 0.351 e. The molecule has 0 unspecified atom stereocenters. The number of hydrogen-bond donors (Lipinski definition) is 3. The molecule has 2 rings (SSSR count). The summed E-state index contributed by atoms with van der Waals surface area (Å²) in [6.07, 6.45) is -2.55. The van der Waals surface area contributed by atoms with Gasteiger partial charge in [-0.25, -0.2) is 0 Å². The van der Waals surface area contributed by atoms with Crippen molar-refractivity contribution in [2.75, 3.05) is 12.0 Å². The van der Waals surface area contributed by atoms with E-state index in [4.69, 9.17) is 5.84 Å². The van der Waals surface area contributed by atoms with E-state index in [0.29, 0.717) is 6.54 Å². The Morgan fingerprint density at radius 1 is 1.40 bits per heavy atom. The van der Waals surface area contributed by atoms with Gasteiger partial charge in [0.1, 0.15) is 0 Å². The summed E-state index contributed by atoms with van der Waals surface area (Å²) in [4.78, 5) is 12.0. The van der Waals surface area contributed by atoms with E-state index in [2.05, 4.69) is 5.32 Å². The molecule has 7 heteroatoms. The highest BCUT2D eigenvalue weighted by Gasteiger charge is 2.38. The van der Waals surface area contributed by atoms with Crippen LogP contribution in [0.5, 0.6) is 0 Å². The summed E-state index contributed by atoms with van der Waals surface area (Å²) in [6, 6.07) is 3.39. The zero-order chi connectivity index (χ0) is 15.0. The molecule has 0 bridgehead atoms. The number of para-hydroxylation sites is 1. The van der Waals surface area contributed by atoms with Crippen molar-refractivity contribution in [2.45, 2.75) is 25.9 Å². The number of carbonyl (C=O) groups excluding carboxylic acids is 1. The van der Waals surface area contributed by atoms with Crippen molar-refractivity contribution >= 4 is 11.6 Å². The zero-order valence-electron chi connectivity index (χ0n) is 11.0. The summed E-state index contributed by atoms with van der Waals surface area (Å²) in [5.41, 5.74) is 0.598. The monoisotopic (exact) mass is 287 g/mol. The molecule has 0 saturated heterocycles. The van der Waals surface area contributed by atoms with E-state index >= 15 is 0 Å². The lowest BCUT2D eigenvalue weighted by molar-refractivity contribution is -0.137. The van der Waals surface area contributed by atoms with Crippen molar-refractivity contribution < 1.29 is 18.0 Å². The molecule has 4 nitrogen and oxygen atoms in total. The molecule has 20 heavy (non-hydrogen) atoms. The van der Waals surface area contributed by atoms with E-state index in [9.17, 15) is 18.0 Å². The van der Waals surface area contributed by atoms with Crippen molar-refractivity contribution in [3.8, 4) is 0 Å². The number of halogens is 3. The molecule has 1 fully saturated rings. The number of nitrogens with two attached hydrogens (primary N) is 1. The van der Waals surface area contributed by atoms with Crippen LogP contribution < -0.4 is 16.6 Å². The second kappa shape index (κ2) is 4.97. The maximum atomic E-state index is 12.8. The molecule has 0 aliphatic heterocycles. The molecule has 1 amide bonds. The number of hydrazine groups is 1. The molecular formula is C13H16F3N3O. The van der Waals surface area contributed by atoms with Gasteiger partial charge >= 0.3 is 6.18 Å². The third kappa shape index (κ3) is 3.04. The van der Waals surface area contributed by atoms with Gasteiger partial charge in [0, 0.05) is 6.54 Å². The molecule has 0 heterocycles. The Balaban J connectivity index is 2.24. The second-order valence-electron chi connectivity index (χ2n) is 5.36. The SMILES string of the molecule is CC1(CNC(=O)c2cccc(C(F)(F)F)c2NN)CC1. The highest BCUT2D eigenvalue weighted by molar-refractivity contribution is 6.00. The third-order valence-electron chi connectivity index (χ3n) is 3.54. The largest absolute Gasteiger partial charge is 0.418 e. The van der Waals surface area contributed by atoms with Crippen LogP contribution in [-0.4, -0.2) is 12.5 Å². The molecule has 0 spiro atoms. The van der Waals surface area contributed by atoms with Crippen LogP contribution in [0.3, 0.4) is 0 Å². The molecule has 1 saturated carbocycles. The molecule has 0 atom stereocenters. The first-order valence-corrected chi connectivity index (χ1v) is 6.22. The Kier molecular flexibility index (Phi) is 3.64. The van der Waals surface area contributed by atoms with E-state index in [1.165, 1.54) is 12.1 Å². The van der Waals surface area contributed by atoms with Gasteiger partial charge in [0.15, 0.2) is 0 Å². The molecule has 4 N–H and O–H groups in total. The Labute approximate surface area is 114 Å². The minimum absolute atomic E-state index is 0.0770. The zero-order valence-corrected chi connectivity index (χ0v) is 11.0. The molecule has 1 aliphatic carbocycles.